The second-order valence-corrected chi connectivity index (χ2v) is 2.79. The van der Waals surface area contributed by atoms with Crippen molar-refractivity contribution >= 4 is 11.6 Å². The van der Waals surface area contributed by atoms with E-state index in [9.17, 15) is 14.9 Å². The minimum Gasteiger partial charge on any atom is -0.267 e. The lowest BCUT2D eigenvalue weighted by Gasteiger charge is -2.01. The molecule has 0 unspecified atom stereocenters. The smallest absolute Gasteiger partial charge is 0.267 e. The Kier molecular flexibility index (Phi) is 2.81. The molecule has 0 fully saturated rings. The van der Waals surface area contributed by atoms with Crippen LogP contribution in [0.5, 0.6) is 0 Å². The molecule has 0 bridgehead atoms. The molecule has 0 aliphatic rings. The van der Waals surface area contributed by atoms with Gasteiger partial charge in [0.05, 0.1) is 10.5 Å². The van der Waals surface area contributed by atoms with Crippen LogP contribution in [0.25, 0.3) is 0 Å². The van der Waals surface area contributed by atoms with E-state index in [-0.39, 0.29) is 11.3 Å². The van der Waals surface area contributed by atoms with Crippen molar-refractivity contribution in [2.45, 2.75) is 6.92 Å². The van der Waals surface area contributed by atoms with Crippen LogP contribution in [0.1, 0.15) is 15.9 Å². The predicted molar refractivity (Wildman–Crippen MR) is 50.2 cm³/mol. The molecule has 0 aliphatic heterocycles. The zero-order chi connectivity index (χ0) is 10.7. The van der Waals surface area contributed by atoms with Gasteiger partial charge in [-0.25, -0.2) is 0 Å². The van der Waals surface area contributed by atoms with Crippen LogP contribution in [0.2, 0.25) is 0 Å². The first-order valence-electron chi connectivity index (χ1n) is 3.95. The first-order valence-corrected chi connectivity index (χ1v) is 3.95. The van der Waals surface area contributed by atoms with Crippen LogP contribution in [0, 0.1) is 17.0 Å². The molecule has 0 aromatic heterocycles. The van der Waals surface area contributed by atoms with Gasteiger partial charge in [-0.1, -0.05) is 6.07 Å². The van der Waals surface area contributed by atoms with Gasteiger partial charge in [0.25, 0.3) is 11.6 Å². The highest BCUT2D eigenvalue weighted by molar-refractivity contribution is 5.95. The Bertz CT molecular complexity index is 388. The minimum atomic E-state index is -0.536. The Labute approximate surface area is 80.9 Å². The third kappa shape index (κ3) is 1.87. The van der Waals surface area contributed by atoms with Gasteiger partial charge in [0.1, 0.15) is 0 Å². The number of nitrogens with zero attached hydrogens (tertiary/aromatic N) is 2. The van der Waals surface area contributed by atoms with Crippen molar-refractivity contribution in [2.75, 3.05) is 7.05 Å². The zero-order valence-electron chi connectivity index (χ0n) is 7.85. The fraction of sp³-hybridized carbons (Fsp3) is 0.222. The van der Waals surface area contributed by atoms with Gasteiger partial charge in [-0.15, -0.1) is 0 Å². The summed E-state index contributed by atoms with van der Waals surface area (Å²) < 4.78 is 0. The van der Waals surface area contributed by atoms with Gasteiger partial charge in [-0.2, -0.15) is 0 Å². The van der Waals surface area contributed by atoms with Gasteiger partial charge in [-0.3, -0.25) is 20.2 Å². The maximum Gasteiger partial charge on any atom is 0.272 e. The molecule has 1 rings (SSSR count). The fourth-order valence-electron chi connectivity index (χ4n) is 1.07. The molecule has 1 aromatic rings. The number of hydrogen-bond donors (Lipinski definition) is 0. The van der Waals surface area contributed by atoms with Crippen molar-refractivity contribution < 1.29 is 9.72 Å². The van der Waals surface area contributed by atoms with E-state index >= 15 is 0 Å². The normalized spacial score (nSPS) is 9.57. The van der Waals surface area contributed by atoms with Crippen molar-refractivity contribution in [3.63, 3.8) is 0 Å². The summed E-state index contributed by atoms with van der Waals surface area (Å²) in [7, 11) is 1.36. The fourth-order valence-corrected chi connectivity index (χ4v) is 1.07. The molecule has 0 N–H and O–H groups in total. The molecule has 0 saturated carbocycles. The molecule has 1 radical (unpaired) electrons. The summed E-state index contributed by atoms with van der Waals surface area (Å²) >= 11 is 0. The van der Waals surface area contributed by atoms with Crippen molar-refractivity contribution in [3.05, 3.63) is 39.4 Å². The number of benzene rings is 1. The number of nitro benzene ring substituents is 1. The molecule has 1 aromatic carbocycles. The lowest BCUT2D eigenvalue weighted by Crippen LogP contribution is -2.12. The number of non-ortho nitro benzene ring substituents is 1. The predicted octanol–water partition coefficient (Wildman–Crippen LogP) is 1.28. The lowest BCUT2D eigenvalue weighted by atomic mass is 10.1. The van der Waals surface area contributed by atoms with Crippen molar-refractivity contribution in [1.29, 1.82) is 0 Å². The molecule has 0 atom stereocenters. The van der Waals surface area contributed by atoms with Crippen LogP contribution in [-0.2, 0) is 0 Å². The Morgan fingerprint density at radius 2 is 2.14 bits per heavy atom. The van der Waals surface area contributed by atoms with Crippen LogP contribution >= 0.6 is 0 Å². The van der Waals surface area contributed by atoms with E-state index in [0.717, 1.165) is 0 Å². The van der Waals surface area contributed by atoms with Crippen LogP contribution < -0.4 is 5.32 Å². The van der Waals surface area contributed by atoms with Crippen molar-refractivity contribution in [3.8, 4) is 0 Å². The Balaban J connectivity index is 3.21. The van der Waals surface area contributed by atoms with Gasteiger partial charge in [0, 0.05) is 19.2 Å². The van der Waals surface area contributed by atoms with Crippen LogP contribution in [0.3, 0.4) is 0 Å². The number of amides is 1. The largest absolute Gasteiger partial charge is 0.272 e. The molecule has 0 aliphatic carbocycles. The Hall–Kier alpha value is -1.91. The standard InChI is InChI=1S/C9H9N2O3/c1-6-3-4-7(11(13)14)5-8(6)9(12)10-2/h3-5H,1-2H3. The third-order valence-corrected chi connectivity index (χ3v) is 1.87. The molecular formula is C9H9N2O3. The van der Waals surface area contributed by atoms with Gasteiger partial charge < -0.3 is 0 Å². The second-order valence-electron chi connectivity index (χ2n) is 2.79. The Morgan fingerprint density at radius 3 is 2.64 bits per heavy atom. The maximum absolute atomic E-state index is 11.2. The molecule has 5 heteroatoms. The van der Waals surface area contributed by atoms with Gasteiger partial charge in [0.2, 0.25) is 0 Å². The molecule has 1 amide bonds. The van der Waals surface area contributed by atoms with E-state index in [1.807, 2.05) is 0 Å². The van der Waals surface area contributed by atoms with Gasteiger partial charge in [-0.05, 0) is 12.5 Å². The SMILES string of the molecule is C[N]C(=O)c1cc([N+](=O)[O-])ccc1C. The number of carbonyl (C=O) groups is 1. The quantitative estimate of drug-likeness (QED) is 0.524. The summed E-state index contributed by atoms with van der Waals surface area (Å²) in [6.07, 6.45) is 0. The number of carbonyl (C=O) groups excluding carboxylic acids is 1. The molecule has 14 heavy (non-hydrogen) atoms. The van der Waals surface area contributed by atoms with Crippen LogP contribution in [0.4, 0.5) is 5.69 Å². The Morgan fingerprint density at radius 1 is 1.50 bits per heavy atom. The molecule has 0 heterocycles. The summed E-state index contributed by atoms with van der Waals surface area (Å²) in [5, 5.41) is 13.9. The van der Waals surface area contributed by atoms with Gasteiger partial charge in [0.15, 0.2) is 0 Å². The van der Waals surface area contributed by atoms with E-state index in [2.05, 4.69) is 5.32 Å². The van der Waals surface area contributed by atoms with E-state index in [1.165, 1.54) is 25.2 Å². The molecule has 0 spiro atoms. The van der Waals surface area contributed by atoms with Crippen LogP contribution in [-0.4, -0.2) is 17.9 Å². The zero-order valence-corrected chi connectivity index (χ0v) is 7.85. The number of nitro groups is 1. The summed E-state index contributed by atoms with van der Waals surface area (Å²) in [5.41, 5.74) is 0.871. The maximum atomic E-state index is 11.2. The van der Waals surface area contributed by atoms with E-state index < -0.39 is 10.8 Å². The van der Waals surface area contributed by atoms with Crippen LogP contribution in [0.15, 0.2) is 18.2 Å². The van der Waals surface area contributed by atoms with E-state index in [0.29, 0.717) is 5.56 Å². The first-order chi connectivity index (χ1) is 6.56. The first kappa shape index (κ1) is 10.2. The second kappa shape index (κ2) is 3.87. The highest BCUT2D eigenvalue weighted by atomic mass is 16.6. The average molecular weight is 193 g/mol. The molecule has 73 valence electrons. The monoisotopic (exact) mass is 193 g/mol. The number of aryl methyl sites for hydroxylation is 1. The third-order valence-electron chi connectivity index (χ3n) is 1.87. The van der Waals surface area contributed by atoms with Gasteiger partial charge >= 0.3 is 0 Å². The molecule has 0 saturated heterocycles. The molecular weight excluding hydrogens is 184 g/mol. The number of hydrogen-bond acceptors (Lipinski definition) is 3. The molecule has 5 nitrogen and oxygen atoms in total. The summed E-state index contributed by atoms with van der Waals surface area (Å²) in [6.45, 7) is 1.71. The van der Waals surface area contributed by atoms with Crippen molar-refractivity contribution in [1.82, 2.24) is 5.32 Å². The minimum absolute atomic E-state index is 0.0948. The van der Waals surface area contributed by atoms with Crippen molar-refractivity contribution in [2.24, 2.45) is 0 Å². The van der Waals surface area contributed by atoms with E-state index in [4.69, 9.17) is 0 Å². The lowest BCUT2D eigenvalue weighted by molar-refractivity contribution is -0.384. The topological polar surface area (TPSA) is 74.3 Å². The highest BCUT2D eigenvalue weighted by Gasteiger charge is 2.13. The summed E-state index contributed by atoms with van der Waals surface area (Å²) in [4.78, 5) is 21.1. The average Bonchev–Trinajstić information content (AvgIpc) is 2.17. The summed E-state index contributed by atoms with van der Waals surface area (Å²) in [6, 6.07) is 4.14. The summed E-state index contributed by atoms with van der Waals surface area (Å²) in [5.74, 6) is -0.439. The highest BCUT2D eigenvalue weighted by Crippen LogP contribution is 2.17. The van der Waals surface area contributed by atoms with E-state index in [1.54, 1.807) is 6.92 Å². The number of rotatable bonds is 2.